The Balaban J connectivity index is 1.38. The van der Waals surface area contributed by atoms with E-state index in [1.807, 2.05) is 17.6 Å². The van der Waals surface area contributed by atoms with E-state index in [0.29, 0.717) is 6.61 Å². The van der Waals surface area contributed by atoms with Crippen LogP contribution in [0.15, 0.2) is 35.0 Å². The van der Waals surface area contributed by atoms with Gasteiger partial charge in [-0.2, -0.15) is 0 Å². The van der Waals surface area contributed by atoms with Crippen molar-refractivity contribution in [1.29, 1.82) is 0 Å². The highest BCUT2D eigenvalue weighted by atomic mass is 32.1. The van der Waals surface area contributed by atoms with Crippen molar-refractivity contribution in [3.8, 4) is 0 Å². The Labute approximate surface area is 182 Å². The third kappa shape index (κ3) is 3.85. The lowest BCUT2D eigenvalue weighted by Crippen LogP contribution is -2.42. The molecule has 0 radical (unpaired) electrons. The van der Waals surface area contributed by atoms with E-state index in [2.05, 4.69) is 65.6 Å². The topological polar surface area (TPSA) is 52.1 Å². The lowest BCUT2D eigenvalue weighted by molar-refractivity contribution is 0.205. The summed E-state index contributed by atoms with van der Waals surface area (Å²) in [6.45, 7) is 10.3. The van der Waals surface area contributed by atoms with Crippen LogP contribution in [0.4, 0.5) is 5.69 Å². The fourth-order valence-electron chi connectivity index (χ4n) is 4.47. The van der Waals surface area contributed by atoms with Gasteiger partial charge in [-0.15, -0.1) is 11.3 Å². The van der Waals surface area contributed by atoms with E-state index in [0.717, 1.165) is 49.9 Å². The zero-order valence-electron chi connectivity index (χ0n) is 17.9. The van der Waals surface area contributed by atoms with Crippen LogP contribution in [0.5, 0.6) is 0 Å². The number of hydrogen-bond donors (Lipinski definition) is 2. The minimum atomic E-state index is -0.156. The van der Waals surface area contributed by atoms with Gasteiger partial charge in [0.25, 0.3) is 0 Å². The molecule has 1 saturated heterocycles. The van der Waals surface area contributed by atoms with Crippen molar-refractivity contribution in [2.24, 2.45) is 4.99 Å². The average Bonchev–Trinajstić information content (AvgIpc) is 3.12. The largest absolute Gasteiger partial charge is 0.484 e. The SMILES string of the molecule is Cc1cc(C)cc(NC2N=CC3=C(c4cc(CN5CCNCC5)sc4CO3)N2C)c1. The van der Waals surface area contributed by atoms with Gasteiger partial charge in [0.1, 0.15) is 6.61 Å². The Morgan fingerprint density at radius 2 is 1.93 bits per heavy atom. The molecule has 5 rings (SSSR count). The highest BCUT2D eigenvalue weighted by molar-refractivity contribution is 7.12. The number of aryl methyl sites for hydroxylation is 2. The van der Waals surface area contributed by atoms with Crippen LogP contribution in [-0.2, 0) is 17.9 Å². The average molecular weight is 424 g/mol. The van der Waals surface area contributed by atoms with Crippen LogP contribution in [-0.4, -0.2) is 55.5 Å². The maximum atomic E-state index is 6.07. The Morgan fingerprint density at radius 3 is 2.70 bits per heavy atom. The number of piperazine rings is 1. The van der Waals surface area contributed by atoms with E-state index < -0.39 is 0 Å². The number of nitrogens with one attached hydrogen (secondary N) is 2. The summed E-state index contributed by atoms with van der Waals surface area (Å²) in [6.07, 6.45) is 1.72. The van der Waals surface area contributed by atoms with Gasteiger partial charge in [0, 0.05) is 55.9 Å². The minimum absolute atomic E-state index is 0.156. The quantitative estimate of drug-likeness (QED) is 0.790. The Bertz CT molecular complexity index is 985. The number of allylic oxidation sites excluding steroid dienone is 1. The van der Waals surface area contributed by atoms with Crippen LogP contribution in [0.2, 0.25) is 0 Å². The van der Waals surface area contributed by atoms with E-state index in [1.54, 1.807) is 0 Å². The van der Waals surface area contributed by atoms with Gasteiger partial charge in [0.05, 0.1) is 16.8 Å². The minimum Gasteiger partial charge on any atom is -0.484 e. The van der Waals surface area contributed by atoms with Gasteiger partial charge in [-0.25, -0.2) is 4.99 Å². The van der Waals surface area contributed by atoms with E-state index >= 15 is 0 Å². The fraction of sp³-hybridized carbons (Fsp3) is 0.435. The fourth-order valence-corrected chi connectivity index (χ4v) is 5.59. The molecule has 2 aromatic rings. The molecule has 1 atom stereocenters. The molecular weight excluding hydrogens is 394 g/mol. The highest BCUT2D eigenvalue weighted by Crippen LogP contribution is 2.39. The lowest BCUT2D eigenvalue weighted by atomic mass is 10.1. The molecule has 4 heterocycles. The van der Waals surface area contributed by atoms with Crippen molar-refractivity contribution in [3.05, 3.63) is 56.5 Å². The summed E-state index contributed by atoms with van der Waals surface area (Å²) in [5, 5.41) is 7.01. The summed E-state index contributed by atoms with van der Waals surface area (Å²) in [4.78, 5) is 12.2. The summed E-state index contributed by atoms with van der Waals surface area (Å²) in [7, 11) is 2.10. The molecule has 1 aromatic carbocycles. The number of aliphatic imine (C=N–C) groups is 1. The first-order valence-electron chi connectivity index (χ1n) is 10.6. The number of ether oxygens (including phenoxy) is 1. The first-order chi connectivity index (χ1) is 14.6. The highest BCUT2D eigenvalue weighted by Gasteiger charge is 2.31. The smallest absolute Gasteiger partial charge is 0.196 e. The summed E-state index contributed by atoms with van der Waals surface area (Å²) in [5.41, 5.74) is 6.02. The summed E-state index contributed by atoms with van der Waals surface area (Å²) in [6, 6.07) is 8.88. The van der Waals surface area contributed by atoms with Gasteiger partial charge in [0.2, 0.25) is 0 Å². The molecule has 3 aliphatic heterocycles. The van der Waals surface area contributed by atoms with Crippen molar-refractivity contribution < 1.29 is 4.74 Å². The first-order valence-corrected chi connectivity index (χ1v) is 11.4. The lowest BCUT2D eigenvalue weighted by Gasteiger charge is -2.36. The van der Waals surface area contributed by atoms with E-state index in [9.17, 15) is 0 Å². The van der Waals surface area contributed by atoms with Gasteiger partial charge in [0.15, 0.2) is 12.0 Å². The Kier molecular flexibility index (Phi) is 5.26. The molecule has 1 unspecified atom stereocenters. The van der Waals surface area contributed by atoms with E-state index in [4.69, 9.17) is 9.73 Å². The molecule has 7 heteroatoms. The second-order valence-corrected chi connectivity index (χ2v) is 9.58. The molecule has 0 spiro atoms. The number of nitrogens with zero attached hydrogens (tertiary/aromatic N) is 3. The standard InChI is InChI=1S/C23H29N5OS/c1-15-8-16(2)10-17(9-15)26-23-25-12-20-22(27(23)3)19-11-18(30-21(19)14-29-20)13-28-6-4-24-5-7-28/h8-12,23-24,26H,4-7,13-14H2,1-3H3. The molecule has 0 aliphatic carbocycles. The van der Waals surface area contributed by atoms with Crippen LogP contribution in [0.25, 0.3) is 5.70 Å². The predicted molar refractivity (Wildman–Crippen MR) is 124 cm³/mol. The molecule has 30 heavy (non-hydrogen) atoms. The zero-order valence-corrected chi connectivity index (χ0v) is 18.7. The summed E-state index contributed by atoms with van der Waals surface area (Å²) in [5.74, 6) is 0.870. The van der Waals surface area contributed by atoms with Crippen LogP contribution < -0.4 is 10.6 Å². The molecular formula is C23H29N5OS. The van der Waals surface area contributed by atoms with Crippen molar-refractivity contribution >= 4 is 28.9 Å². The third-order valence-corrected chi connectivity index (χ3v) is 6.96. The van der Waals surface area contributed by atoms with Gasteiger partial charge in [-0.05, 0) is 43.2 Å². The Hall–Kier alpha value is -2.35. The second kappa shape index (κ2) is 8.06. The molecule has 2 N–H and O–H groups in total. The van der Waals surface area contributed by atoms with Gasteiger partial charge in [-0.3, -0.25) is 4.90 Å². The molecule has 1 aromatic heterocycles. The van der Waals surface area contributed by atoms with Crippen molar-refractivity contribution in [3.63, 3.8) is 0 Å². The molecule has 0 amide bonds. The number of rotatable bonds is 4. The van der Waals surface area contributed by atoms with E-state index in [-0.39, 0.29) is 6.29 Å². The maximum absolute atomic E-state index is 6.07. The summed E-state index contributed by atoms with van der Waals surface area (Å²) >= 11 is 1.88. The van der Waals surface area contributed by atoms with Crippen molar-refractivity contribution in [2.45, 2.75) is 33.3 Å². The number of fused-ring (bicyclic) bond motifs is 2. The predicted octanol–water partition coefficient (Wildman–Crippen LogP) is 3.38. The molecule has 6 nitrogen and oxygen atoms in total. The van der Waals surface area contributed by atoms with Crippen LogP contribution >= 0.6 is 11.3 Å². The molecule has 158 valence electrons. The number of benzene rings is 1. The zero-order chi connectivity index (χ0) is 20.7. The third-order valence-electron chi connectivity index (χ3n) is 5.87. The van der Waals surface area contributed by atoms with Crippen LogP contribution in [0.3, 0.4) is 0 Å². The van der Waals surface area contributed by atoms with Crippen molar-refractivity contribution in [2.75, 3.05) is 38.5 Å². The summed E-state index contributed by atoms with van der Waals surface area (Å²) < 4.78 is 6.07. The molecule has 3 aliphatic rings. The van der Waals surface area contributed by atoms with Gasteiger partial charge >= 0.3 is 0 Å². The molecule has 0 bridgehead atoms. The monoisotopic (exact) mass is 423 g/mol. The van der Waals surface area contributed by atoms with E-state index in [1.165, 1.54) is 26.4 Å². The first kappa shape index (κ1) is 19.6. The van der Waals surface area contributed by atoms with Gasteiger partial charge < -0.3 is 20.3 Å². The number of thiophene rings is 1. The van der Waals surface area contributed by atoms with Gasteiger partial charge in [-0.1, -0.05) is 6.07 Å². The normalized spacial score (nSPS) is 21.3. The maximum Gasteiger partial charge on any atom is 0.196 e. The number of anilines is 1. The number of hydrogen-bond acceptors (Lipinski definition) is 7. The molecule has 1 fully saturated rings. The Morgan fingerprint density at radius 1 is 1.17 bits per heavy atom. The second-order valence-electron chi connectivity index (χ2n) is 8.36. The van der Waals surface area contributed by atoms with Crippen LogP contribution in [0, 0.1) is 13.8 Å². The van der Waals surface area contributed by atoms with Crippen LogP contribution in [0.1, 0.15) is 26.4 Å². The van der Waals surface area contributed by atoms with Crippen molar-refractivity contribution in [1.82, 2.24) is 15.1 Å². The molecule has 0 saturated carbocycles.